The van der Waals surface area contributed by atoms with Gasteiger partial charge < -0.3 is 9.32 Å². The second-order valence-corrected chi connectivity index (χ2v) is 9.78. The highest BCUT2D eigenvalue weighted by Gasteiger charge is 2.54. The minimum Gasteiger partial charge on any atom is -0.422 e. The van der Waals surface area contributed by atoms with E-state index in [-0.39, 0.29) is 11.3 Å². The van der Waals surface area contributed by atoms with Crippen molar-refractivity contribution in [2.75, 3.05) is 18.0 Å². The van der Waals surface area contributed by atoms with Gasteiger partial charge in [-0.3, -0.25) is 4.79 Å². The molecule has 4 fully saturated rings. The molecule has 0 radical (unpaired) electrons. The largest absolute Gasteiger partial charge is 0.422 e. The molecule has 31 heavy (non-hydrogen) atoms. The van der Waals surface area contributed by atoms with E-state index in [9.17, 15) is 9.59 Å². The normalized spacial score (nSPS) is 29.0. The van der Waals surface area contributed by atoms with Gasteiger partial charge in [0.15, 0.2) is 0 Å². The third-order valence-electron chi connectivity index (χ3n) is 7.76. The lowest BCUT2D eigenvalue weighted by molar-refractivity contribution is -0.146. The van der Waals surface area contributed by atoms with Crippen LogP contribution in [0.1, 0.15) is 57.9 Å². The highest BCUT2D eigenvalue weighted by atomic mass is 16.4. The molecule has 1 amide bonds. The van der Waals surface area contributed by atoms with Crippen LogP contribution < -0.4 is 16.0 Å². The summed E-state index contributed by atoms with van der Waals surface area (Å²) < 4.78 is 5.54. The summed E-state index contributed by atoms with van der Waals surface area (Å²) in [4.78, 5) is 27.7. The first-order chi connectivity index (χ1) is 15.0. The minimum atomic E-state index is -0.447. The van der Waals surface area contributed by atoms with Gasteiger partial charge in [-0.1, -0.05) is 0 Å². The molecular formula is C25H31N3O3. The molecule has 0 aliphatic heterocycles. The zero-order valence-corrected chi connectivity index (χ0v) is 18.4. The molecule has 4 saturated carbocycles. The highest BCUT2D eigenvalue weighted by Crippen LogP contribution is 2.60. The van der Waals surface area contributed by atoms with Crippen molar-refractivity contribution >= 4 is 28.8 Å². The smallest absolute Gasteiger partial charge is 0.345 e. The first kappa shape index (κ1) is 20.3. The number of nitrogens with zero attached hydrogens (tertiary/aromatic N) is 2. The number of amides is 1. The Labute approximate surface area is 182 Å². The number of hydrogen-bond donors (Lipinski definition) is 1. The van der Waals surface area contributed by atoms with E-state index < -0.39 is 5.63 Å². The zero-order chi connectivity index (χ0) is 21.6. The topological polar surface area (TPSA) is 74.9 Å². The monoisotopic (exact) mass is 421 g/mol. The molecule has 4 bridgehead atoms. The molecule has 0 saturated heterocycles. The van der Waals surface area contributed by atoms with E-state index in [0.29, 0.717) is 28.9 Å². The van der Waals surface area contributed by atoms with Crippen molar-refractivity contribution in [2.24, 2.45) is 28.3 Å². The number of nitrogens with one attached hydrogen (secondary N) is 1. The van der Waals surface area contributed by atoms with Gasteiger partial charge in [0, 0.05) is 30.2 Å². The molecule has 2 aromatic rings. The van der Waals surface area contributed by atoms with Crippen LogP contribution in [0.2, 0.25) is 0 Å². The van der Waals surface area contributed by atoms with Crippen LogP contribution in [-0.4, -0.2) is 25.2 Å². The Balaban J connectivity index is 1.32. The number of hydrogen-bond acceptors (Lipinski definition) is 5. The first-order valence-electron chi connectivity index (χ1n) is 11.7. The van der Waals surface area contributed by atoms with Crippen LogP contribution in [0.4, 0.5) is 5.69 Å². The maximum absolute atomic E-state index is 13.0. The van der Waals surface area contributed by atoms with Gasteiger partial charge in [-0.25, -0.2) is 10.2 Å². The Bertz CT molecular complexity index is 1050. The Morgan fingerprint density at radius 3 is 2.39 bits per heavy atom. The van der Waals surface area contributed by atoms with E-state index in [2.05, 4.69) is 29.3 Å². The van der Waals surface area contributed by atoms with Crippen LogP contribution >= 0.6 is 0 Å². The van der Waals surface area contributed by atoms with Crippen molar-refractivity contribution in [1.82, 2.24) is 5.43 Å². The average molecular weight is 422 g/mol. The molecule has 6 rings (SSSR count). The van der Waals surface area contributed by atoms with Crippen LogP contribution in [0.25, 0.3) is 11.0 Å². The summed E-state index contributed by atoms with van der Waals surface area (Å²) in [5.41, 5.74) is 3.98. The molecule has 0 unspecified atom stereocenters. The summed E-state index contributed by atoms with van der Waals surface area (Å²) >= 11 is 0. The number of anilines is 1. The molecule has 1 aromatic heterocycles. The lowest BCUT2D eigenvalue weighted by Crippen LogP contribution is -2.52. The van der Waals surface area contributed by atoms with Gasteiger partial charge >= 0.3 is 5.63 Å². The molecule has 4 aliphatic carbocycles. The van der Waals surface area contributed by atoms with Crippen molar-refractivity contribution in [3.8, 4) is 0 Å². The standard InChI is InChI=1S/C25H31N3O3/c1-3-28(4-2)21-6-5-19-10-20(23(29)31-22(19)11-21)15-26-27-24(30)25-12-16-7-17(13-25)9-18(8-16)14-25/h5-6,10-11,15-18H,3-4,7-9,12-14H2,1-2H3,(H,27,30)/b26-15+. The summed E-state index contributed by atoms with van der Waals surface area (Å²) in [5.74, 6) is 2.14. The van der Waals surface area contributed by atoms with Crippen LogP contribution in [-0.2, 0) is 4.79 Å². The van der Waals surface area contributed by atoms with Crippen molar-refractivity contribution in [2.45, 2.75) is 52.4 Å². The number of benzene rings is 1. The predicted molar refractivity (Wildman–Crippen MR) is 122 cm³/mol. The van der Waals surface area contributed by atoms with Gasteiger partial charge in [-0.05, 0) is 88.3 Å². The summed E-state index contributed by atoms with van der Waals surface area (Å²) in [6.07, 6.45) is 8.29. The fourth-order valence-electron chi connectivity index (χ4n) is 6.66. The van der Waals surface area contributed by atoms with Crippen molar-refractivity contribution in [3.05, 3.63) is 40.2 Å². The molecule has 1 aromatic carbocycles. The molecular weight excluding hydrogens is 390 g/mol. The Kier molecular flexibility index (Phi) is 5.11. The van der Waals surface area contributed by atoms with Crippen molar-refractivity contribution in [1.29, 1.82) is 0 Å². The lowest BCUT2D eigenvalue weighted by Gasteiger charge is -2.55. The Hall–Kier alpha value is -2.63. The van der Waals surface area contributed by atoms with Gasteiger partial charge in [0.2, 0.25) is 5.91 Å². The second kappa shape index (κ2) is 7.81. The molecule has 0 spiro atoms. The molecule has 164 valence electrons. The highest BCUT2D eigenvalue weighted by molar-refractivity contribution is 5.89. The molecule has 4 aliphatic rings. The van der Waals surface area contributed by atoms with Gasteiger partial charge in [-0.15, -0.1) is 0 Å². The van der Waals surface area contributed by atoms with Crippen LogP contribution in [0.15, 0.2) is 38.6 Å². The van der Waals surface area contributed by atoms with Gasteiger partial charge in [0.25, 0.3) is 0 Å². The number of fused-ring (bicyclic) bond motifs is 1. The van der Waals surface area contributed by atoms with Crippen molar-refractivity contribution < 1.29 is 9.21 Å². The van der Waals surface area contributed by atoms with E-state index >= 15 is 0 Å². The molecule has 6 nitrogen and oxygen atoms in total. The maximum atomic E-state index is 13.0. The van der Waals surface area contributed by atoms with E-state index in [0.717, 1.165) is 43.4 Å². The van der Waals surface area contributed by atoms with E-state index in [1.165, 1.54) is 25.5 Å². The maximum Gasteiger partial charge on any atom is 0.345 e. The molecule has 1 N–H and O–H groups in total. The average Bonchev–Trinajstić information content (AvgIpc) is 2.74. The number of carbonyl (C=O) groups excluding carboxylic acids is 1. The molecule has 1 heterocycles. The fraction of sp³-hybridized carbons (Fsp3) is 0.560. The first-order valence-corrected chi connectivity index (χ1v) is 11.7. The zero-order valence-electron chi connectivity index (χ0n) is 18.4. The summed E-state index contributed by atoms with van der Waals surface area (Å²) in [7, 11) is 0. The van der Waals surface area contributed by atoms with E-state index in [1.54, 1.807) is 6.07 Å². The third-order valence-corrected chi connectivity index (χ3v) is 7.76. The quantitative estimate of drug-likeness (QED) is 0.429. The molecule has 6 heteroatoms. The summed E-state index contributed by atoms with van der Waals surface area (Å²) in [6, 6.07) is 7.66. The Morgan fingerprint density at radius 1 is 1.13 bits per heavy atom. The van der Waals surface area contributed by atoms with Crippen LogP contribution in [0.3, 0.4) is 0 Å². The van der Waals surface area contributed by atoms with Gasteiger partial charge in [-0.2, -0.15) is 5.10 Å². The third kappa shape index (κ3) is 3.66. The Morgan fingerprint density at radius 2 is 1.77 bits per heavy atom. The van der Waals surface area contributed by atoms with Crippen LogP contribution in [0, 0.1) is 23.2 Å². The number of hydrazone groups is 1. The fourth-order valence-corrected chi connectivity index (χ4v) is 6.66. The lowest BCUT2D eigenvalue weighted by atomic mass is 9.49. The predicted octanol–water partition coefficient (Wildman–Crippen LogP) is 4.31. The summed E-state index contributed by atoms with van der Waals surface area (Å²) in [5, 5.41) is 4.98. The number of carbonyl (C=O) groups is 1. The number of rotatable bonds is 6. The second-order valence-electron chi connectivity index (χ2n) is 9.78. The van der Waals surface area contributed by atoms with E-state index in [4.69, 9.17) is 4.42 Å². The van der Waals surface area contributed by atoms with E-state index in [1.807, 2.05) is 18.2 Å². The minimum absolute atomic E-state index is 0.0249. The molecule has 0 atom stereocenters. The summed E-state index contributed by atoms with van der Waals surface area (Å²) in [6.45, 7) is 5.98. The van der Waals surface area contributed by atoms with Crippen LogP contribution in [0.5, 0.6) is 0 Å². The SMILES string of the molecule is CCN(CC)c1ccc2cc(/C=N/NC(=O)C34CC5CC(CC(C5)C3)C4)c(=O)oc2c1. The van der Waals surface area contributed by atoms with Crippen molar-refractivity contribution in [3.63, 3.8) is 0 Å². The van der Waals surface area contributed by atoms with Gasteiger partial charge in [0.05, 0.1) is 17.2 Å². The van der Waals surface area contributed by atoms with Gasteiger partial charge in [0.1, 0.15) is 5.58 Å².